The Bertz CT molecular complexity index is 796. The summed E-state index contributed by atoms with van der Waals surface area (Å²) in [5.74, 6) is 0.417. The lowest BCUT2D eigenvalue weighted by Crippen LogP contribution is -2.35. The molecule has 0 aliphatic carbocycles. The van der Waals surface area contributed by atoms with Gasteiger partial charge in [0.05, 0.1) is 6.26 Å². The highest BCUT2D eigenvalue weighted by Crippen LogP contribution is 2.37. The summed E-state index contributed by atoms with van der Waals surface area (Å²) in [5, 5.41) is 0. The third-order valence-electron chi connectivity index (χ3n) is 4.44. The Balaban J connectivity index is 2.03. The fraction of sp³-hybridized carbons (Fsp3) is 0.474. The molecule has 0 aromatic heterocycles. The molecular weight excluding hydrogens is 381 g/mol. The van der Waals surface area contributed by atoms with Crippen molar-refractivity contribution < 1.29 is 13.2 Å². The van der Waals surface area contributed by atoms with Gasteiger partial charge in [-0.2, -0.15) is 0 Å². The number of rotatable bonds is 8. The van der Waals surface area contributed by atoms with E-state index in [4.69, 9.17) is 4.99 Å². The maximum atomic E-state index is 11.3. The SMILES string of the molecule is C=C(Cc1ccc(NS(C)(=O)=O)cc1)N=C(C1CCN(C=O)CC1)P(C)C. The lowest BCUT2D eigenvalue weighted by molar-refractivity contribution is -0.119. The second-order valence-electron chi connectivity index (χ2n) is 7.09. The first-order valence-corrected chi connectivity index (χ1v) is 13.0. The average molecular weight is 409 g/mol. The lowest BCUT2D eigenvalue weighted by atomic mass is 9.98. The van der Waals surface area contributed by atoms with Crippen LogP contribution in [0.3, 0.4) is 0 Å². The molecule has 27 heavy (non-hydrogen) atoms. The zero-order chi connectivity index (χ0) is 20.0. The van der Waals surface area contributed by atoms with Crippen LogP contribution in [0.25, 0.3) is 0 Å². The van der Waals surface area contributed by atoms with E-state index in [1.807, 2.05) is 17.0 Å². The molecule has 0 saturated carbocycles. The number of carbonyl (C=O) groups is 1. The quantitative estimate of drug-likeness (QED) is 0.407. The summed E-state index contributed by atoms with van der Waals surface area (Å²) in [7, 11) is -3.60. The fourth-order valence-corrected chi connectivity index (χ4v) is 5.06. The molecule has 0 radical (unpaired) electrons. The van der Waals surface area contributed by atoms with Crippen LogP contribution in [0, 0.1) is 5.92 Å². The standard InChI is InChI=1S/C19H28N3O3PS/c1-15(13-16-5-7-18(8-6-16)21-27(4,24)25)20-19(26(2)3)17-9-11-22(14-23)12-10-17/h5-8,14,17,21H,1,9-13H2,2-4H3. The second kappa shape index (κ2) is 9.47. The normalized spacial score (nSPS) is 16.4. The smallest absolute Gasteiger partial charge is 0.229 e. The molecular formula is C19H28N3O3PS. The first-order valence-electron chi connectivity index (χ1n) is 8.87. The number of nitrogens with zero attached hydrogens (tertiary/aromatic N) is 2. The van der Waals surface area contributed by atoms with Crippen LogP contribution in [-0.4, -0.2) is 57.9 Å². The predicted octanol–water partition coefficient (Wildman–Crippen LogP) is 3.12. The number of likely N-dealkylation sites (tertiary alicyclic amines) is 1. The molecule has 1 aromatic rings. The minimum Gasteiger partial charge on any atom is -0.345 e. The zero-order valence-electron chi connectivity index (χ0n) is 16.2. The Morgan fingerprint density at radius 2 is 1.89 bits per heavy atom. The molecule has 148 valence electrons. The molecule has 1 N–H and O–H groups in total. The van der Waals surface area contributed by atoms with Crippen molar-refractivity contribution in [2.24, 2.45) is 10.9 Å². The number of allylic oxidation sites excluding steroid dienone is 1. The third kappa shape index (κ3) is 7.07. The first-order chi connectivity index (χ1) is 12.7. The number of piperidine rings is 1. The second-order valence-corrected chi connectivity index (χ2v) is 11.1. The van der Waals surface area contributed by atoms with Gasteiger partial charge in [-0.25, -0.2) is 8.42 Å². The van der Waals surface area contributed by atoms with E-state index in [9.17, 15) is 13.2 Å². The highest BCUT2D eigenvalue weighted by molar-refractivity contribution is 7.92. The largest absolute Gasteiger partial charge is 0.345 e. The van der Waals surface area contributed by atoms with Crippen LogP contribution < -0.4 is 4.72 Å². The maximum absolute atomic E-state index is 11.3. The van der Waals surface area contributed by atoms with E-state index >= 15 is 0 Å². The van der Waals surface area contributed by atoms with Gasteiger partial charge in [-0.05, 0) is 43.9 Å². The van der Waals surface area contributed by atoms with Crippen molar-refractivity contribution in [1.82, 2.24) is 4.90 Å². The van der Waals surface area contributed by atoms with Crippen LogP contribution in [0.2, 0.25) is 0 Å². The number of hydrogen-bond donors (Lipinski definition) is 1. The van der Waals surface area contributed by atoms with Crippen LogP contribution in [0.5, 0.6) is 0 Å². The van der Waals surface area contributed by atoms with Crippen molar-refractivity contribution >= 4 is 35.5 Å². The van der Waals surface area contributed by atoms with Gasteiger partial charge in [-0.15, -0.1) is 0 Å². The van der Waals surface area contributed by atoms with E-state index in [-0.39, 0.29) is 7.92 Å². The van der Waals surface area contributed by atoms with Gasteiger partial charge in [0.1, 0.15) is 0 Å². The zero-order valence-corrected chi connectivity index (χ0v) is 17.9. The number of benzene rings is 1. The predicted molar refractivity (Wildman–Crippen MR) is 114 cm³/mol. The number of carbonyl (C=O) groups excluding carboxylic acids is 1. The fourth-order valence-electron chi connectivity index (χ4n) is 3.16. The van der Waals surface area contributed by atoms with Crippen LogP contribution >= 0.6 is 7.92 Å². The van der Waals surface area contributed by atoms with E-state index in [2.05, 4.69) is 24.6 Å². The Kier molecular flexibility index (Phi) is 7.57. The van der Waals surface area contributed by atoms with Crippen LogP contribution in [0.15, 0.2) is 41.5 Å². The maximum Gasteiger partial charge on any atom is 0.229 e. The van der Waals surface area contributed by atoms with Gasteiger partial charge in [0.2, 0.25) is 16.4 Å². The molecule has 1 amide bonds. The van der Waals surface area contributed by atoms with Crippen molar-refractivity contribution in [3.63, 3.8) is 0 Å². The summed E-state index contributed by atoms with van der Waals surface area (Å²) in [5.41, 5.74) is 3.61. The summed E-state index contributed by atoms with van der Waals surface area (Å²) >= 11 is 0. The summed E-state index contributed by atoms with van der Waals surface area (Å²) in [4.78, 5) is 17.6. The van der Waals surface area contributed by atoms with E-state index in [0.717, 1.165) is 49.9 Å². The molecule has 1 fully saturated rings. The molecule has 6 nitrogen and oxygen atoms in total. The van der Waals surface area contributed by atoms with Crippen molar-refractivity contribution in [3.05, 3.63) is 42.1 Å². The minimum absolute atomic E-state index is 0.328. The summed E-state index contributed by atoms with van der Waals surface area (Å²) < 4.78 is 25.0. The van der Waals surface area contributed by atoms with Crippen molar-refractivity contribution in [2.75, 3.05) is 37.4 Å². The van der Waals surface area contributed by atoms with Gasteiger partial charge in [0.25, 0.3) is 0 Å². The van der Waals surface area contributed by atoms with Crippen LogP contribution in [-0.2, 0) is 21.2 Å². The van der Waals surface area contributed by atoms with Crippen molar-refractivity contribution in [3.8, 4) is 0 Å². The minimum atomic E-state index is -3.27. The van der Waals surface area contributed by atoms with Gasteiger partial charge < -0.3 is 4.90 Å². The number of amides is 1. The highest BCUT2D eigenvalue weighted by atomic mass is 32.2. The third-order valence-corrected chi connectivity index (χ3v) is 6.43. The Hall–Kier alpha value is -1.72. The molecule has 1 aliphatic rings. The topological polar surface area (TPSA) is 78.8 Å². The number of nitrogens with one attached hydrogen (secondary N) is 1. The molecule has 0 unspecified atom stereocenters. The monoisotopic (exact) mass is 409 g/mol. The van der Waals surface area contributed by atoms with Gasteiger partial charge in [-0.3, -0.25) is 14.5 Å². The molecule has 1 aliphatic heterocycles. The van der Waals surface area contributed by atoms with E-state index in [1.165, 1.54) is 5.45 Å². The Morgan fingerprint density at radius 3 is 2.37 bits per heavy atom. The Morgan fingerprint density at radius 1 is 1.30 bits per heavy atom. The number of anilines is 1. The summed E-state index contributed by atoms with van der Waals surface area (Å²) in [6.07, 6.45) is 4.59. The lowest BCUT2D eigenvalue weighted by Gasteiger charge is -2.31. The molecule has 1 aromatic carbocycles. The number of hydrogen-bond acceptors (Lipinski definition) is 4. The Labute approximate surface area is 163 Å². The van der Waals surface area contributed by atoms with E-state index < -0.39 is 10.0 Å². The van der Waals surface area contributed by atoms with Crippen LogP contribution in [0.1, 0.15) is 18.4 Å². The summed E-state index contributed by atoms with van der Waals surface area (Å²) in [6, 6.07) is 7.26. The van der Waals surface area contributed by atoms with E-state index in [1.54, 1.807) is 12.1 Å². The van der Waals surface area contributed by atoms with Crippen molar-refractivity contribution in [2.45, 2.75) is 19.3 Å². The van der Waals surface area contributed by atoms with Gasteiger partial charge >= 0.3 is 0 Å². The molecule has 1 saturated heterocycles. The van der Waals surface area contributed by atoms with Crippen molar-refractivity contribution in [1.29, 1.82) is 0 Å². The highest BCUT2D eigenvalue weighted by Gasteiger charge is 2.24. The number of aliphatic imine (C=N–C) groups is 1. The molecule has 0 atom stereocenters. The molecule has 0 spiro atoms. The first kappa shape index (κ1) is 21.6. The molecule has 1 heterocycles. The molecule has 2 rings (SSSR count). The molecule has 0 bridgehead atoms. The van der Waals surface area contributed by atoms with Gasteiger partial charge in [0.15, 0.2) is 0 Å². The van der Waals surface area contributed by atoms with Gasteiger partial charge in [0, 0.05) is 42.3 Å². The summed E-state index contributed by atoms with van der Waals surface area (Å²) in [6.45, 7) is 10.1. The van der Waals surface area contributed by atoms with Crippen LogP contribution in [0.4, 0.5) is 5.69 Å². The van der Waals surface area contributed by atoms with Gasteiger partial charge in [-0.1, -0.05) is 26.6 Å². The average Bonchev–Trinajstić information content (AvgIpc) is 2.60. The van der Waals surface area contributed by atoms with E-state index in [0.29, 0.717) is 18.0 Å². The molecule has 8 heteroatoms. The number of sulfonamides is 1.